The predicted octanol–water partition coefficient (Wildman–Crippen LogP) is 0.454. The van der Waals surface area contributed by atoms with Crippen molar-refractivity contribution in [2.75, 3.05) is 6.54 Å². The molecule has 1 fully saturated rings. The van der Waals surface area contributed by atoms with E-state index in [1.54, 1.807) is 0 Å². The molecule has 0 radical (unpaired) electrons. The number of amides is 2. The molecule has 4 N–H and O–H groups in total. The van der Waals surface area contributed by atoms with Gasteiger partial charge in [0.25, 0.3) is 0 Å². The Morgan fingerprint density at radius 3 is 2.41 bits per heavy atom. The Morgan fingerprint density at radius 1 is 1.29 bits per heavy atom. The Hall–Kier alpha value is -1.30. The molecule has 2 amide bonds. The Bertz CT molecular complexity index is 287. The number of aliphatic hydroxyl groups is 1. The zero-order chi connectivity index (χ0) is 12.9. The smallest absolute Gasteiger partial charge is 0.334 e. The summed E-state index contributed by atoms with van der Waals surface area (Å²) in [6, 6.07) is -0.422. The van der Waals surface area contributed by atoms with Crippen molar-refractivity contribution in [3.05, 3.63) is 0 Å². The molecule has 1 saturated carbocycles. The molecular weight excluding hydrogens is 224 g/mol. The van der Waals surface area contributed by atoms with Crippen LogP contribution in [-0.2, 0) is 4.79 Å². The molecule has 1 rings (SSSR count). The molecule has 98 valence electrons. The fourth-order valence-corrected chi connectivity index (χ4v) is 2.05. The van der Waals surface area contributed by atoms with Crippen LogP contribution in [0.4, 0.5) is 4.79 Å². The molecule has 6 heteroatoms. The van der Waals surface area contributed by atoms with E-state index in [-0.39, 0.29) is 12.1 Å². The average Bonchev–Trinajstić information content (AvgIpc) is 2.26. The van der Waals surface area contributed by atoms with E-state index in [0.717, 1.165) is 25.7 Å². The standard InChI is InChI=1S/C11H20N2O4/c1-11(5-3-2-4-6-11)13-10(17)12-7-8(14)9(15)16/h8,14H,2-7H2,1H3,(H,15,16)(H2,12,13,17)/t8-/m0/s1. The predicted molar refractivity (Wildman–Crippen MR) is 61.7 cm³/mol. The molecule has 1 aliphatic rings. The summed E-state index contributed by atoms with van der Waals surface area (Å²) in [6.07, 6.45) is 3.68. The summed E-state index contributed by atoms with van der Waals surface area (Å²) in [5.74, 6) is -1.34. The van der Waals surface area contributed by atoms with Gasteiger partial charge in [-0.15, -0.1) is 0 Å². The average molecular weight is 244 g/mol. The molecular formula is C11H20N2O4. The van der Waals surface area contributed by atoms with Gasteiger partial charge < -0.3 is 20.8 Å². The van der Waals surface area contributed by atoms with Crippen LogP contribution in [0.5, 0.6) is 0 Å². The molecule has 0 aliphatic heterocycles. The largest absolute Gasteiger partial charge is 0.479 e. The lowest BCUT2D eigenvalue weighted by atomic mass is 9.83. The van der Waals surface area contributed by atoms with E-state index in [4.69, 9.17) is 10.2 Å². The summed E-state index contributed by atoms with van der Waals surface area (Å²) in [4.78, 5) is 21.9. The molecule has 0 aromatic rings. The number of aliphatic hydroxyl groups excluding tert-OH is 1. The molecule has 0 aromatic carbocycles. The van der Waals surface area contributed by atoms with Crippen molar-refractivity contribution < 1.29 is 19.8 Å². The maximum atomic E-state index is 11.5. The number of carboxylic acids is 1. The van der Waals surface area contributed by atoms with Gasteiger partial charge in [-0.1, -0.05) is 19.3 Å². The van der Waals surface area contributed by atoms with Crippen molar-refractivity contribution in [2.24, 2.45) is 0 Å². The van der Waals surface area contributed by atoms with Crippen LogP contribution in [0.3, 0.4) is 0 Å². The third kappa shape index (κ3) is 4.60. The lowest BCUT2D eigenvalue weighted by Gasteiger charge is -2.34. The van der Waals surface area contributed by atoms with Gasteiger partial charge in [0.2, 0.25) is 0 Å². The van der Waals surface area contributed by atoms with Crippen molar-refractivity contribution in [1.82, 2.24) is 10.6 Å². The Morgan fingerprint density at radius 2 is 1.88 bits per heavy atom. The number of urea groups is 1. The Balaban J connectivity index is 2.31. The molecule has 0 aromatic heterocycles. The molecule has 1 aliphatic carbocycles. The van der Waals surface area contributed by atoms with Crippen molar-refractivity contribution in [3.8, 4) is 0 Å². The van der Waals surface area contributed by atoms with E-state index in [9.17, 15) is 9.59 Å². The molecule has 17 heavy (non-hydrogen) atoms. The molecule has 0 bridgehead atoms. The van der Waals surface area contributed by atoms with Crippen LogP contribution in [0.1, 0.15) is 39.0 Å². The Labute approximate surface area is 100 Å². The van der Waals surface area contributed by atoms with Gasteiger partial charge in [-0.25, -0.2) is 9.59 Å². The minimum absolute atomic E-state index is 0.212. The van der Waals surface area contributed by atoms with Crippen molar-refractivity contribution in [2.45, 2.75) is 50.7 Å². The maximum Gasteiger partial charge on any atom is 0.334 e. The maximum absolute atomic E-state index is 11.5. The van der Waals surface area contributed by atoms with Gasteiger partial charge in [0.15, 0.2) is 6.10 Å². The minimum atomic E-state index is -1.56. The van der Waals surface area contributed by atoms with Crippen LogP contribution >= 0.6 is 0 Å². The molecule has 0 heterocycles. The summed E-state index contributed by atoms with van der Waals surface area (Å²) in [5.41, 5.74) is -0.212. The second-order valence-corrected chi connectivity index (χ2v) is 4.81. The monoisotopic (exact) mass is 244 g/mol. The highest BCUT2D eigenvalue weighted by Gasteiger charge is 2.28. The molecule has 0 unspecified atom stereocenters. The lowest BCUT2D eigenvalue weighted by Crippen LogP contribution is -2.52. The molecule has 0 spiro atoms. The normalized spacial score (nSPS) is 20.4. The van der Waals surface area contributed by atoms with Crippen LogP contribution in [0.2, 0.25) is 0 Å². The zero-order valence-corrected chi connectivity index (χ0v) is 10.0. The quantitative estimate of drug-likeness (QED) is 0.577. The number of carbonyl (C=O) groups is 2. The third-order valence-electron chi connectivity index (χ3n) is 3.11. The number of hydrogen-bond acceptors (Lipinski definition) is 3. The van der Waals surface area contributed by atoms with Crippen molar-refractivity contribution in [3.63, 3.8) is 0 Å². The Kier molecular flexibility index (Phi) is 4.74. The van der Waals surface area contributed by atoms with E-state index >= 15 is 0 Å². The van der Waals surface area contributed by atoms with Crippen LogP contribution in [0, 0.1) is 0 Å². The number of nitrogens with one attached hydrogen (secondary N) is 2. The summed E-state index contributed by atoms with van der Waals surface area (Å²) in [7, 11) is 0. The van der Waals surface area contributed by atoms with E-state index in [2.05, 4.69) is 10.6 Å². The van der Waals surface area contributed by atoms with E-state index in [1.807, 2.05) is 6.92 Å². The highest BCUT2D eigenvalue weighted by molar-refractivity contribution is 5.77. The number of hydrogen-bond donors (Lipinski definition) is 4. The second kappa shape index (κ2) is 5.86. The molecule has 6 nitrogen and oxygen atoms in total. The summed E-state index contributed by atoms with van der Waals surface area (Å²) >= 11 is 0. The first-order chi connectivity index (χ1) is 7.93. The van der Waals surface area contributed by atoms with Crippen molar-refractivity contribution >= 4 is 12.0 Å². The first-order valence-corrected chi connectivity index (χ1v) is 5.90. The van der Waals surface area contributed by atoms with Crippen molar-refractivity contribution in [1.29, 1.82) is 0 Å². The van der Waals surface area contributed by atoms with E-state index in [0.29, 0.717) is 0 Å². The van der Waals surface area contributed by atoms with Crippen LogP contribution < -0.4 is 10.6 Å². The van der Waals surface area contributed by atoms with E-state index < -0.39 is 18.1 Å². The topological polar surface area (TPSA) is 98.7 Å². The van der Waals surface area contributed by atoms with Gasteiger partial charge in [0.1, 0.15) is 0 Å². The van der Waals surface area contributed by atoms with Crippen LogP contribution in [0.25, 0.3) is 0 Å². The first-order valence-electron chi connectivity index (χ1n) is 5.90. The SMILES string of the molecule is CC1(NC(=O)NC[C@H](O)C(=O)O)CCCCC1. The summed E-state index contributed by atoms with van der Waals surface area (Å²) < 4.78 is 0. The molecule has 0 saturated heterocycles. The summed E-state index contributed by atoms with van der Waals surface area (Å²) in [6.45, 7) is 1.70. The second-order valence-electron chi connectivity index (χ2n) is 4.81. The van der Waals surface area contributed by atoms with E-state index in [1.165, 1.54) is 6.42 Å². The van der Waals surface area contributed by atoms with Gasteiger partial charge in [0, 0.05) is 5.54 Å². The van der Waals surface area contributed by atoms with Gasteiger partial charge in [-0.3, -0.25) is 0 Å². The molecule has 1 atom stereocenters. The van der Waals surface area contributed by atoms with Gasteiger partial charge in [0.05, 0.1) is 6.54 Å². The fraction of sp³-hybridized carbons (Fsp3) is 0.818. The minimum Gasteiger partial charge on any atom is -0.479 e. The van der Waals surface area contributed by atoms with Gasteiger partial charge >= 0.3 is 12.0 Å². The number of rotatable bonds is 4. The first kappa shape index (κ1) is 13.8. The highest BCUT2D eigenvalue weighted by atomic mass is 16.4. The highest BCUT2D eigenvalue weighted by Crippen LogP contribution is 2.27. The third-order valence-corrected chi connectivity index (χ3v) is 3.11. The zero-order valence-electron chi connectivity index (χ0n) is 10.0. The van der Waals surface area contributed by atoms with Crippen LogP contribution in [-0.4, -0.2) is 40.4 Å². The van der Waals surface area contributed by atoms with Crippen LogP contribution in [0.15, 0.2) is 0 Å². The number of aliphatic carboxylic acids is 1. The summed E-state index contributed by atoms with van der Waals surface area (Å²) in [5, 5.41) is 22.6. The number of carboxylic acid groups (broad SMARTS) is 1. The number of carbonyl (C=O) groups excluding carboxylic acids is 1. The van der Waals surface area contributed by atoms with Gasteiger partial charge in [-0.05, 0) is 19.8 Å². The lowest BCUT2D eigenvalue weighted by molar-refractivity contribution is -0.146. The fourth-order valence-electron chi connectivity index (χ4n) is 2.05. The van der Waals surface area contributed by atoms with Gasteiger partial charge in [-0.2, -0.15) is 0 Å².